The van der Waals surface area contributed by atoms with Crippen LogP contribution in [0.2, 0.25) is 0 Å². The van der Waals surface area contributed by atoms with E-state index in [0.29, 0.717) is 17.9 Å². The predicted molar refractivity (Wildman–Crippen MR) is 174 cm³/mol. The zero-order chi connectivity index (χ0) is 28.9. The molecule has 0 bridgehead atoms. The van der Waals surface area contributed by atoms with Crippen LogP contribution in [0.15, 0.2) is 87.8 Å². The van der Waals surface area contributed by atoms with E-state index in [1.165, 1.54) is 22.5 Å². The molecule has 6 nitrogen and oxygen atoms in total. The number of fused-ring (bicyclic) bond motifs is 4. The summed E-state index contributed by atoms with van der Waals surface area (Å²) < 4.78 is 4.41. The Kier molecular flexibility index (Phi) is 7.11. The van der Waals surface area contributed by atoms with Crippen molar-refractivity contribution in [2.45, 2.75) is 75.7 Å². The van der Waals surface area contributed by atoms with Crippen molar-refractivity contribution in [2.24, 2.45) is 5.92 Å². The number of allylic oxidation sites excluding steroid dienone is 4. The number of aryl methyl sites for hydroxylation is 1. The van der Waals surface area contributed by atoms with Crippen LogP contribution in [0.4, 0.5) is 0 Å². The van der Waals surface area contributed by atoms with Gasteiger partial charge in [-0.05, 0) is 86.8 Å². The zero-order valence-corrected chi connectivity index (χ0v) is 25.7. The molecule has 3 atom stereocenters. The van der Waals surface area contributed by atoms with Crippen LogP contribution in [0.25, 0.3) is 11.0 Å². The van der Waals surface area contributed by atoms with E-state index < -0.39 is 0 Å². The molecule has 0 radical (unpaired) electrons. The Morgan fingerprint density at radius 1 is 1.00 bits per heavy atom. The first kappa shape index (κ1) is 27.2. The number of benzene rings is 2. The molecule has 1 fully saturated rings. The van der Waals surface area contributed by atoms with Gasteiger partial charge in [-0.25, -0.2) is 9.97 Å². The SMILES string of the molecule is Cc1nc2n(c(=O)c1CCN1CCC(C3C4=C(CCC=C4)Cn4c3nc3ccccc34)CC1Cc1ccccc1)CCS2. The first-order valence-corrected chi connectivity index (χ1v) is 17.0. The highest BCUT2D eigenvalue weighted by molar-refractivity contribution is 7.99. The number of thioether (sulfide) groups is 1. The smallest absolute Gasteiger partial charge is 0.257 e. The highest BCUT2D eigenvalue weighted by atomic mass is 32.2. The van der Waals surface area contributed by atoms with E-state index in [9.17, 15) is 4.79 Å². The number of likely N-dealkylation sites (tertiary alicyclic amines) is 1. The number of hydrogen-bond acceptors (Lipinski definition) is 5. The van der Waals surface area contributed by atoms with Gasteiger partial charge in [-0.2, -0.15) is 0 Å². The van der Waals surface area contributed by atoms with Crippen molar-refractivity contribution in [1.82, 2.24) is 24.0 Å². The average molecular weight is 590 g/mol. The third-order valence-electron chi connectivity index (χ3n) is 10.3. The normalized spacial score (nSPS) is 23.4. The fourth-order valence-corrected chi connectivity index (χ4v) is 9.09. The van der Waals surface area contributed by atoms with Crippen LogP contribution in [0.3, 0.4) is 0 Å². The molecule has 1 aliphatic carbocycles. The Hall–Kier alpha value is -3.42. The van der Waals surface area contributed by atoms with E-state index in [1.54, 1.807) is 17.3 Å². The number of imidazole rings is 1. The van der Waals surface area contributed by atoms with Crippen LogP contribution in [-0.2, 0) is 25.9 Å². The van der Waals surface area contributed by atoms with Crippen LogP contribution in [0, 0.1) is 12.8 Å². The van der Waals surface area contributed by atoms with Crippen molar-refractivity contribution in [3.8, 4) is 0 Å². The number of nitrogens with zero attached hydrogens (tertiary/aromatic N) is 5. The van der Waals surface area contributed by atoms with Gasteiger partial charge >= 0.3 is 0 Å². The molecule has 7 heteroatoms. The van der Waals surface area contributed by atoms with Crippen LogP contribution >= 0.6 is 11.8 Å². The molecule has 0 N–H and O–H groups in total. The molecule has 3 aliphatic heterocycles. The molecule has 0 spiro atoms. The molecule has 3 unspecified atom stereocenters. The molecule has 2 aromatic carbocycles. The zero-order valence-electron chi connectivity index (χ0n) is 24.9. The van der Waals surface area contributed by atoms with Gasteiger partial charge in [0.1, 0.15) is 5.82 Å². The standard InChI is InChI=1S/C36H39N5OS/c1-24-29(35(42)40-19-20-43-36(40)37-24)16-18-39-17-15-26(22-28(39)21-25-9-3-2-4-10-25)33-30-12-6-5-11-27(30)23-41-32-14-8-7-13-31(32)38-34(33)41/h2-4,6-10,12-14,26,28,33H,5,11,15-23H2,1H3. The van der Waals surface area contributed by atoms with E-state index in [0.717, 1.165) is 92.4 Å². The second-order valence-corrected chi connectivity index (χ2v) is 13.8. The lowest BCUT2D eigenvalue weighted by Crippen LogP contribution is -2.47. The molecule has 4 aliphatic rings. The van der Waals surface area contributed by atoms with Gasteiger partial charge in [0.2, 0.25) is 0 Å². The summed E-state index contributed by atoms with van der Waals surface area (Å²) in [6.07, 6.45) is 11.2. The Morgan fingerprint density at radius 3 is 2.77 bits per heavy atom. The second-order valence-electron chi connectivity index (χ2n) is 12.7. The van der Waals surface area contributed by atoms with Gasteiger partial charge in [0.05, 0.1) is 11.0 Å². The summed E-state index contributed by atoms with van der Waals surface area (Å²) in [5.41, 5.74) is 8.89. The fourth-order valence-electron chi connectivity index (χ4n) is 8.10. The number of aromatic nitrogens is 4. The molecule has 220 valence electrons. The minimum Gasteiger partial charge on any atom is -0.323 e. The van der Waals surface area contributed by atoms with Crippen LogP contribution in [-0.4, -0.2) is 48.9 Å². The van der Waals surface area contributed by atoms with E-state index >= 15 is 0 Å². The van der Waals surface area contributed by atoms with Gasteiger partial charge in [-0.1, -0.05) is 66.4 Å². The summed E-state index contributed by atoms with van der Waals surface area (Å²) in [5.74, 6) is 3.06. The van der Waals surface area contributed by atoms with Crippen molar-refractivity contribution in [2.75, 3.05) is 18.8 Å². The van der Waals surface area contributed by atoms with Crippen molar-refractivity contribution < 1.29 is 0 Å². The van der Waals surface area contributed by atoms with Crippen molar-refractivity contribution in [1.29, 1.82) is 0 Å². The molecule has 0 amide bonds. The number of piperidine rings is 1. The summed E-state index contributed by atoms with van der Waals surface area (Å²) in [5, 5.41) is 0.887. The van der Waals surface area contributed by atoms with E-state index in [-0.39, 0.29) is 5.56 Å². The predicted octanol–water partition coefficient (Wildman–Crippen LogP) is 6.32. The highest BCUT2D eigenvalue weighted by Gasteiger charge is 2.40. The molecule has 4 aromatic rings. The maximum atomic E-state index is 13.4. The molecule has 43 heavy (non-hydrogen) atoms. The van der Waals surface area contributed by atoms with Gasteiger partial charge in [0.25, 0.3) is 5.56 Å². The molecule has 1 saturated heterocycles. The topological polar surface area (TPSA) is 56.0 Å². The molecular weight excluding hydrogens is 550 g/mol. The van der Waals surface area contributed by atoms with E-state index in [4.69, 9.17) is 9.97 Å². The second kappa shape index (κ2) is 11.3. The monoisotopic (exact) mass is 589 g/mol. The quantitative estimate of drug-likeness (QED) is 0.247. The van der Waals surface area contributed by atoms with Crippen LogP contribution < -0.4 is 5.56 Å². The van der Waals surface area contributed by atoms with E-state index in [2.05, 4.69) is 76.2 Å². The summed E-state index contributed by atoms with van der Waals surface area (Å²) in [6.45, 7) is 5.70. The average Bonchev–Trinajstić information content (AvgIpc) is 3.65. The van der Waals surface area contributed by atoms with Gasteiger partial charge in [-0.15, -0.1) is 0 Å². The molecule has 0 saturated carbocycles. The minimum absolute atomic E-state index is 0.173. The Labute approximate surface area is 257 Å². The summed E-state index contributed by atoms with van der Waals surface area (Å²) in [6, 6.07) is 20.0. The summed E-state index contributed by atoms with van der Waals surface area (Å²) >= 11 is 1.70. The molecular formula is C36H39N5OS. The van der Waals surface area contributed by atoms with Gasteiger partial charge < -0.3 is 4.57 Å². The van der Waals surface area contributed by atoms with Crippen molar-refractivity contribution >= 4 is 22.8 Å². The Bertz CT molecular complexity index is 1800. The van der Waals surface area contributed by atoms with Gasteiger partial charge in [-0.3, -0.25) is 14.3 Å². The summed E-state index contributed by atoms with van der Waals surface area (Å²) in [7, 11) is 0. The third-order valence-corrected chi connectivity index (χ3v) is 11.2. The lowest BCUT2D eigenvalue weighted by Gasteiger charge is -2.44. The van der Waals surface area contributed by atoms with Gasteiger partial charge in [0.15, 0.2) is 5.16 Å². The summed E-state index contributed by atoms with van der Waals surface area (Å²) in [4.78, 5) is 26.1. The van der Waals surface area contributed by atoms with Gasteiger partial charge in [0, 0.05) is 48.6 Å². The fraction of sp³-hybridized carbons (Fsp3) is 0.417. The Balaban J connectivity index is 1.11. The van der Waals surface area contributed by atoms with E-state index in [1.807, 2.05) is 11.5 Å². The van der Waals surface area contributed by atoms with Crippen molar-refractivity contribution in [3.05, 3.63) is 111 Å². The lowest BCUT2D eigenvalue weighted by atomic mass is 9.72. The number of rotatable bonds is 6. The molecule has 8 rings (SSSR count). The maximum Gasteiger partial charge on any atom is 0.257 e. The van der Waals surface area contributed by atoms with Crippen molar-refractivity contribution in [3.63, 3.8) is 0 Å². The lowest BCUT2D eigenvalue weighted by molar-refractivity contribution is 0.103. The minimum atomic E-state index is 0.173. The highest BCUT2D eigenvalue weighted by Crippen LogP contribution is 2.47. The third kappa shape index (κ3) is 4.91. The Morgan fingerprint density at radius 2 is 1.86 bits per heavy atom. The first-order chi connectivity index (χ1) is 21.1. The maximum absolute atomic E-state index is 13.4. The largest absolute Gasteiger partial charge is 0.323 e. The molecule has 5 heterocycles. The first-order valence-electron chi connectivity index (χ1n) is 16.0. The van der Waals surface area contributed by atoms with Crippen LogP contribution in [0.1, 0.15) is 54.2 Å². The number of para-hydroxylation sites is 2. The van der Waals surface area contributed by atoms with Crippen LogP contribution in [0.5, 0.6) is 0 Å². The molecule has 2 aromatic heterocycles. The number of hydrogen-bond donors (Lipinski definition) is 0.